The molecule has 0 aromatic rings. The topological polar surface area (TPSA) is 0 Å². The predicted octanol–water partition coefficient (Wildman–Crippen LogP) is 2.92. The van der Waals surface area contributed by atoms with Crippen LogP contribution < -0.4 is 0 Å². The van der Waals surface area contributed by atoms with Gasteiger partial charge in [0.1, 0.15) is 0 Å². The van der Waals surface area contributed by atoms with Crippen molar-refractivity contribution < 1.29 is 0 Å². The van der Waals surface area contributed by atoms with Crippen LogP contribution in [0.15, 0.2) is 24.3 Å². The summed E-state index contributed by atoms with van der Waals surface area (Å²) < 4.78 is 0. The van der Waals surface area contributed by atoms with E-state index in [0.717, 1.165) is 11.8 Å². The SMILES string of the molecule is C1=CCCC2C=CC2CC1. The molecule has 0 spiro atoms. The standard InChI is InChI=1S/C10H14/c1-2-4-6-10-8-7-9(10)5-3-1/h1-2,7-10H,3-6H2. The van der Waals surface area contributed by atoms with Crippen LogP contribution >= 0.6 is 0 Å². The largest absolute Gasteiger partial charge is 0.0885 e. The van der Waals surface area contributed by atoms with Gasteiger partial charge in [0.05, 0.1) is 0 Å². The Bertz CT molecular complexity index is 145. The molecule has 0 aliphatic heterocycles. The van der Waals surface area contributed by atoms with Crippen molar-refractivity contribution in [3.8, 4) is 0 Å². The zero-order valence-electron chi connectivity index (χ0n) is 6.29. The number of hydrogen-bond donors (Lipinski definition) is 0. The third-order valence-electron chi connectivity index (χ3n) is 2.66. The zero-order valence-corrected chi connectivity index (χ0v) is 6.29. The van der Waals surface area contributed by atoms with Crippen molar-refractivity contribution in [3.05, 3.63) is 24.3 Å². The minimum atomic E-state index is 0.935. The molecule has 2 aliphatic rings. The molecule has 0 radical (unpaired) electrons. The smallest absolute Gasteiger partial charge is 0.0167 e. The first-order chi connectivity index (χ1) is 4.97. The molecular weight excluding hydrogens is 120 g/mol. The lowest BCUT2D eigenvalue weighted by molar-refractivity contribution is 0.376. The Balaban J connectivity index is 1.99. The van der Waals surface area contributed by atoms with Gasteiger partial charge in [-0.3, -0.25) is 0 Å². The second-order valence-corrected chi connectivity index (χ2v) is 3.34. The van der Waals surface area contributed by atoms with Crippen LogP contribution in [0.5, 0.6) is 0 Å². The Hall–Kier alpha value is -0.520. The number of fused-ring (bicyclic) bond motifs is 1. The van der Waals surface area contributed by atoms with Gasteiger partial charge in [-0.25, -0.2) is 0 Å². The van der Waals surface area contributed by atoms with Gasteiger partial charge in [-0.05, 0) is 37.5 Å². The van der Waals surface area contributed by atoms with Crippen molar-refractivity contribution in [2.75, 3.05) is 0 Å². The molecule has 0 aromatic heterocycles. The first kappa shape index (κ1) is 6.21. The van der Waals surface area contributed by atoms with E-state index < -0.39 is 0 Å². The number of rotatable bonds is 0. The highest BCUT2D eigenvalue weighted by atomic mass is 14.3. The first-order valence-corrected chi connectivity index (χ1v) is 4.30. The third-order valence-corrected chi connectivity index (χ3v) is 2.66. The quantitative estimate of drug-likeness (QED) is 0.447. The molecule has 2 rings (SSSR count). The Morgan fingerprint density at radius 2 is 1.30 bits per heavy atom. The fourth-order valence-corrected chi connectivity index (χ4v) is 1.86. The fraction of sp³-hybridized carbons (Fsp3) is 0.600. The second kappa shape index (κ2) is 2.61. The van der Waals surface area contributed by atoms with E-state index in [1.807, 2.05) is 0 Å². The van der Waals surface area contributed by atoms with Gasteiger partial charge in [-0.2, -0.15) is 0 Å². The molecule has 0 fully saturated rings. The summed E-state index contributed by atoms with van der Waals surface area (Å²) in [5, 5.41) is 0. The van der Waals surface area contributed by atoms with Crippen molar-refractivity contribution in [3.63, 3.8) is 0 Å². The van der Waals surface area contributed by atoms with Gasteiger partial charge in [0.2, 0.25) is 0 Å². The van der Waals surface area contributed by atoms with Gasteiger partial charge in [0.25, 0.3) is 0 Å². The summed E-state index contributed by atoms with van der Waals surface area (Å²) in [5.41, 5.74) is 0. The van der Waals surface area contributed by atoms with E-state index in [4.69, 9.17) is 0 Å². The molecule has 0 aromatic carbocycles. The van der Waals surface area contributed by atoms with Crippen molar-refractivity contribution in [2.45, 2.75) is 25.7 Å². The lowest BCUT2D eigenvalue weighted by Crippen LogP contribution is -2.18. The van der Waals surface area contributed by atoms with Gasteiger partial charge in [0, 0.05) is 0 Å². The summed E-state index contributed by atoms with van der Waals surface area (Å²) in [5.74, 6) is 1.87. The summed E-state index contributed by atoms with van der Waals surface area (Å²) in [6, 6.07) is 0. The van der Waals surface area contributed by atoms with Crippen LogP contribution in [0.25, 0.3) is 0 Å². The average Bonchev–Trinajstić information content (AvgIpc) is 1.89. The van der Waals surface area contributed by atoms with Crippen LogP contribution in [0.2, 0.25) is 0 Å². The Morgan fingerprint density at radius 3 is 1.70 bits per heavy atom. The highest BCUT2D eigenvalue weighted by molar-refractivity contribution is 5.10. The van der Waals surface area contributed by atoms with E-state index in [0.29, 0.717) is 0 Å². The van der Waals surface area contributed by atoms with Crippen LogP contribution in [-0.2, 0) is 0 Å². The maximum atomic E-state index is 2.38. The van der Waals surface area contributed by atoms with Crippen LogP contribution in [0, 0.1) is 11.8 Å². The molecule has 54 valence electrons. The summed E-state index contributed by atoms with van der Waals surface area (Å²) in [7, 11) is 0. The van der Waals surface area contributed by atoms with E-state index in [-0.39, 0.29) is 0 Å². The molecule has 2 unspecified atom stereocenters. The van der Waals surface area contributed by atoms with E-state index in [9.17, 15) is 0 Å². The van der Waals surface area contributed by atoms with Gasteiger partial charge < -0.3 is 0 Å². The molecule has 2 aliphatic carbocycles. The summed E-state index contributed by atoms with van der Waals surface area (Å²) in [6.45, 7) is 0. The van der Waals surface area contributed by atoms with E-state index >= 15 is 0 Å². The molecule has 2 atom stereocenters. The Kier molecular flexibility index (Phi) is 1.62. The minimum Gasteiger partial charge on any atom is -0.0885 e. The second-order valence-electron chi connectivity index (χ2n) is 3.34. The van der Waals surface area contributed by atoms with Crippen LogP contribution in [0.4, 0.5) is 0 Å². The molecule has 0 saturated heterocycles. The summed E-state index contributed by atoms with van der Waals surface area (Å²) >= 11 is 0. The molecule has 0 heteroatoms. The van der Waals surface area contributed by atoms with Crippen LogP contribution in [-0.4, -0.2) is 0 Å². The number of allylic oxidation sites excluding steroid dienone is 4. The molecule has 0 saturated carbocycles. The third kappa shape index (κ3) is 1.03. The van der Waals surface area contributed by atoms with Crippen molar-refractivity contribution in [1.29, 1.82) is 0 Å². The maximum absolute atomic E-state index is 2.38. The minimum absolute atomic E-state index is 0.935. The average molecular weight is 134 g/mol. The molecule has 0 N–H and O–H groups in total. The Morgan fingerprint density at radius 1 is 0.800 bits per heavy atom. The van der Waals surface area contributed by atoms with E-state index in [2.05, 4.69) is 24.3 Å². The predicted molar refractivity (Wildman–Crippen MR) is 43.7 cm³/mol. The maximum Gasteiger partial charge on any atom is -0.0167 e. The highest BCUT2D eigenvalue weighted by Crippen LogP contribution is 2.34. The van der Waals surface area contributed by atoms with Gasteiger partial charge in [-0.15, -0.1) is 0 Å². The lowest BCUT2D eigenvalue weighted by atomic mass is 9.76. The van der Waals surface area contributed by atoms with Crippen molar-refractivity contribution in [2.24, 2.45) is 11.8 Å². The summed E-state index contributed by atoms with van der Waals surface area (Å²) in [6.07, 6.45) is 14.8. The molecular formula is C10H14. The first-order valence-electron chi connectivity index (χ1n) is 4.30. The molecule has 0 heterocycles. The molecule has 0 bridgehead atoms. The van der Waals surface area contributed by atoms with Crippen molar-refractivity contribution >= 4 is 0 Å². The Labute approximate surface area is 62.6 Å². The van der Waals surface area contributed by atoms with Gasteiger partial charge >= 0.3 is 0 Å². The fourth-order valence-electron chi connectivity index (χ4n) is 1.86. The van der Waals surface area contributed by atoms with E-state index in [1.54, 1.807) is 0 Å². The van der Waals surface area contributed by atoms with Gasteiger partial charge in [-0.1, -0.05) is 24.3 Å². The van der Waals surface area contributed by atoms with Gasteiger partial charge in [0.15, 0.2) is 0 Å². The highest BCUT2D eigenvalue weighted by Gasteiger charge is 2.22. The van der Waals surface area contributed by atoms with Crippen LogP contribution in [0.3, 0.4) is 0 Å². The molecule has 0 amide bonds. The van der Waals surface area contributed by atoms with E-state index in [1.165, 1.54) is 25.7 Å². The molecule has 0 nitrogen and oxygen atoms in total. The lowest BCUT2D eigenvalue weighted by Gasteiger charge is -2.29. The number of hydrogen-bond acceptors (Lipinski definition) is 0. The molecule has 10 heavy (non-hydrogen) atoms. The normalized spacial score (nSPS) is 37.6. The summed E-state index contributed by atoms with van der Waals surface area (Å²) in [4.78, 5) is 0. The van der Waals surface area contributed by atoms with Crippen molar-refractivity contribution in [1.82, 2.24) is 0 Å². The zero-order chi connectivity index (χ0) is 6.81. The monoisotopic (exact) mass is 134 g/mol. The van der Waals surface area contributed by atoms with Crippen LogP contribution in [0.1, 0.15) is 25.7 Å².